The Morgan fingerprint density at radius 3 is 1.21 bits per heavy atom. The Balaban J connectivity index is 1.75. The van der Waals surface area contributed by atoms with Gasteiger partial charge >= 0.3 is 0 Å². The maximum Gasteiger partial charge on any atom is 0.123 e. The van der Waals surface area contributed by atoms with Crippen molar-refractivity contribution in [1.82, 2.24) is 0 Å². The summed E-state index contributed by atoms with van der Waals surface area (Å²) in [4.78, 5) is 0. The standard InChI is InChI=1S/C24H22O4/c1-15-11-23(27)19(13-21(15)25)9-7-17-3-5-18(6-4-17)8-10-20-14-22(26)16(2)12-24(20)28/h3-14,25-28H,1-2H3/b9-7+,10-8+. The Morgan fingerprint density at radius 2 is 0.857 bits per heavy atom. The first-order valence-electron chi connectivity index (χ1n) is 8.85. The minimum atomic E-state index is 0.118. The molecule has 3 aromatic carbocycles. The molecule has 0 bridgehead atoms. The maximum absolute atomic E-state index is 9.97. The van der Waals surface area contributed by atoms with Crippen LogP contribution in [0.4, 0.5) is 0 Å². The molecular weight excluding hydrogens is 352 g/mol. The Bertz CT molecular complexity index is 974. The topological polar surface area (TPSA) is 80.9 Å². The Hall–Kier alpha value is -3.66. The van der Waals surface area contributed by atoms with E-state index in [0.717, 1.165) is 11.1 Å². The average Bonchev–Trinajstić information content (AvgIpc) is 2.66. The van der Waals surface area contributed by atoms with Gasteiger partial charge < -0.3 is 20.4 Å². The van der Waals surface area contributed by atoms with E-state index in [1.165, 1.54) is 24.3 Å². The number of hydrogen-bond donors (Lipinski definition) is 4. The first kappa shape index (κ1) is 19.1. The van der Waals surface area contributed by atoms with Crippen LogP contribution in [0.1, 0.15) is 33.4 Å². The fourth-order valence-corrected chi connectivity index (χ4v) is 2.75. The summed E-state index contributed by atoms with van der Waals surface area (Å²) < 4.78 is 0. The number of hydrogen-bond acceptors (Lipinski definition) is 4. The molecule has 4 nitrogen and oxygen atoms in total. The van der Waals surface area contributed by atoms with E-state index in [9.17, 15) is 20.4 Å². The van der Waals surface area contributed by atoms with Crippen LogP contribution in [0, 0.1) is 13.8 Å². The van der Waals surface area contributed by atoms with E-state index in [1.807, 2.05) is 36.4 Å². The minimum absolute atomic E-state index is 0.118. The SMILES string of the molecule is Cc1cc(O)c(/C=C/c2ccc(/C=C/c3cc(O)c(C)cc3O)cc2)cc1O. The van der Waals surface area contributed by atoms with Crippen LogP contribution in [0.5, 0.6) is 23.0 Å². The summed E-state index contributed by atoms with van der Waals surface area (Å²) in [7, 11) is 0. The second-order valence-corrected chi connectivity index (χ2v) is 6.73. The zero-order valence-corrected chi connectivity index (χ0v) is 15.7. The van der Waals surface area contributed by atoms with Crippen molar-refractivity contribution in [3.05, 3.63) is 81.9 Å². The molecule has 3 aromatic rings. The number of benzene rings is 3. The second-order valence-electron chi connectivity index (χ2n) is 6.73. The number of phenolic OH excluding ortho intramolecular Hbond substituents is 4. The Morgan fingerprint density at radius 1 is 0.500 bits per heavy atom. The molecule has 0 heterocycles. The van der Waals surface area contributed by atoms with Gasteiger partial charge in [-0.15, -0.1) is 0 Å². The van der Waals surface area contributed by atoms with Gasteiger partial charge in [-0.1, -0.05) is 48.6 Å². The first-order chi connectivity index (χ1) is 13.3. The van der Waals surface area contributed by atoms with Crippen molar-refractivity contribution in [2.45, 2.75) is 13.8 Å². The van der Waals surface area contributed by atoms with Crippen molar-refractivity contribution in [3.8, 4) is 23.0 Å². The molecule has 0 radical (unpaired) electrons. The summed E-state index contributed by atoms with van der Waals surface area (Å²) in [5.41, 5.74) is 4.21. The van der Waals surface area contributed by atoms with Crippen molar-refractivity contribution < 1.29 is 20.4 Å². The predicted molar refractivity (Wildman–Crippen MR) is 113 cm³/mol. The zero-order chi connectivity index (χ0) is 20.3. The normalized spacial score (nSPS) is 11.5. The summed E-state index contributed by atoms with van der Waals surface area (Å²) >= 11 is 0. The largest absolute Gasteiger partial charge is 0.508 e. The van der Waals surface area contributed by atoms with Crippen molar-refractivity contribution in [2.75, 3.05) is 0 Å². The van der Waals surface area contributed by atoms with Crippen LogP contribution in [-0.2, 0) is 0 Å². The lowest BCUT2D eigenvalue weighted by Crippen LogP contribution is -1.81. The molecule has 0 unspecified atom stereocenters. The highest BCUT2D eigenvalue weighted by atomic mass is 16.3. The number of aromatic hydroxyl groups is 4. The van der Waals surface area contributed by atoms with Crippen LogP contribution < -0.4 is 0 Å². The third-order valence-electron chi connectivity index (χ3n) is 4.54. The molecule has 0 saturated carbocycles. The summed E-state index contributed by atoms with van der Waals surface area (Å²) in [5.74, 6) is 0.520. The van der Waals surface area contributed by atoms with Crippen molar-refractivity contribution in [1.29, 1.82) is 0 Å². The number of phenols is 4. The highest BCUT2D eigenvalue weighted by Gasteiger charge is 2.04. The molecule has 3 rings (SSSR count). The van der Waals surface area contributed by atoms with Crippen molar-refractivity contribution in [3.63, 3.8) is 0 Å². The van der Waals surface area contributed by atoms with Crippen LogP contribution in [0.25, 0.3) is 24.3 Å². The molecule has 0 amide bonds. The van der Waals surface area contributed by atoms with Crippen LogP contribution >= 0.6 is 0 Å². The molecule has 4 N–H and O–H groups in total. The lowest BCUT2D eigenvalue weighted by atomic mass is 10.1. The van der Waals surface area contributed by atoms with E-state index < -0.39 is 0 Å². The Labute approximate surface area is 164 Å². The Kier molecular flexibility index (Phi) is 5.41. The fourth-order valence-electron chi connectivity index (χ4n) is 2.75. The molecule has 0 spiro atoms. The monoisotopic (exact) mass is 374 g/mol. The van der Waals surface area contributed by atoms with Gasteiger partial charge in [-0.05, 0) is 60.4 Å². The first-order valence-corrected chi connectivity index (χ1v) is 8.85. The lowest BCUT2D eigenvalue weighted by molar-refractivity contribution is 0.456. The predicted octanol–water partition coefficient (Wildman–Crippen LogP) is 5.47. The maximum atomic E-state index is 9.97. The van der Waals surface area contributed by atoms with Gasteiger partial charge in [-0.3, -0.25) is 0 Å². The molecule has 142 valence electrons. The molecule has 0 fully saturated rings. The number of rotatable bonds is 4. The van der Waals surface area contributed by atoms with Crippen molar-refractivity contribution >= 4 is 24.3 Å². The van der Waals surface area contributed by atoms with E-state index >= 15 is 0 Å². The molecule has 4 heteroatoms. The molecule has 28 heavy (non-hydrogen) atoms. The van der Waals surface area contributed by atoms with E-state index in [4.69, 9.17) is 0 Å². The van der Waals surface area contributed by atoms with Gasteiger partial charge in [-0.2, -0.15) is 0 Å². The van der Waals surface area contributed by atoms with Crippen LogP contribution in [-0.4, -0.2) is 20.4 Å². The van der Waals surface area contributed by atoms with Crippen LogP contribution in [0.2, 0.25) is 0 Å². The van der Waals surface area contributed by atoms with Gasteiger partial charge in [-0.25, -0.2) is 0 Å². The fraction of sp³-hybridized carbons (Fsp3) is 0.0833. The minimum Gasteiger partial charge on any atom is -0.508 e. The smallest absolute Gasteiger partial charge is 0.123 e. The molecule has 0 saturated heterocycles. The summed E-state index contributed by atoms with van der Waals surface area (Å²) in [6.45, 7) is 3.46. The average molecular weight is 374 g/mol. The van der Waals surface area contributed by atoms with Crippen LogP contribution in [0.3, 0.4) is 0 Å². The third kappa shape index (κ3) is 4.35. The quantitative estimate of drug-likeness (QED) is 0.361. The van der Waals surface area contributed by atoms with Crippen LogP contribution in [0.15, 0.2) is 48.5 Å². The van der Waals surface area contributed by atoms with Gasteiger partial charge in [0, 0.05) is 11.1 Å². The summed E-state index contributed by atoms with van der Waals surface area (Å²) in [5, 5.41) is 39.5. The summed E-state index contributed by atoms with van der Waals surface area (Å²) in [6, 6.07) is 13.8. The highest BCUT2D eigenvalue weighted by molar-refractivity contribution is 5.76. The van der Waals surface area contributed by atoms with Crippen molar-refractivity contribution in [2.24, 2.45) is 0 Å². The van der Waals surface area contributed by atoms with Gasteiger partial charge in [0.25, 0.3) is 0 Å². The van der Waals surface area contributed by atoms with E-state index in [2.05, 4.69) is 0 Å². The van der Waals surface area contributed by atoms with Gasteiger partial charge in [0.1, 0.15) is 23.0 Å². The molecule has 0 aliphatic rings. The van der Waals surface area contributed by atoms with E-state index in [1.54, 1.807) is 26.0 Å². The number of aryl methyl sites for hydroxylation is 2. The third-order valence-corrected chi connectivity index (χ3v) is 4.54. The molecule has 0 aromatic heterocycles. The molecule has 0 atom stereocenters. The summed E-state index contributed by atoms with van der Waals surface area (Å²) in [6.07, 6.45) is 7.18. The highest BCUT2D eigenvalue weighted by Crippen LogP contribution is 2.29. The van der Waals surface area contributed by atoms with E-state index in [-0.39, 0.29) is 23.0 Å². The second kappa shape index (κ2) is 7.92. The molecule has 0 aliphatic heterocycles. The van der Waals surface area contributed by atoms with E-state index in [0.29, 0.717) is 22.3 Å². The van der Waals surface area contributed by atoms with Gasteiger partial charge in [0.2, 0.25) is 0 Å². The molecule has 0 aliphatic carbocycles. The molecular formula is C24H22O4. The zero-order valence-electron chi connectivity index (χ0n) is 15.7. The lowest BCUT2D eigenvalue weighted by Gasteiger charge is -2.04. The van der Waals surface area contributed by atoms with Gasteiger partial charge in [0.15, 0.2) is 0 Å². The van der Waals surface area contributed by atoms with Gasteiger partial charge in [0.05, 0.1) is 0 Å².